The third-order valence-corrected chi connectivity index (χ3v) is 8.86. The van der Waals surface area contributed by atoms with Crippen LogP contribution < -0.4 is 9.80 Å². The molecule has 0 aliphatic heterocycles. The first-order valence-corrected chi connectivity index (χ1v) is 16.0. The fourth-order valence-electron chi connectivity index (χ4n) is 6.52. The Labute approximate surface area is 270 Å². The smallest absolute Gasteiger partial charge is 0.0468 e. The monoisotopic (exact) mass is 590 g/mol. The molecule has 0 radical (unpaired) electrons. The lowest BCUT2D eigenvalue weighted by Crippen LogP contribution is -2.17. The largest absolute Gasteiger partial charge is 0.314 e. The van der Waals surface area contributed by atoms with Gasteiger partial charge in [0.2, 0.25) is 0 Å². The van der Waals surface area contributed by atoms with Crippen LogP contribution in [0, 0.1) is 0 Å². The SMILES string of the molecule is C1=CCCC(N(c2ccc(-c3ccc(N(c4ccccc4)c4ccc5ccccc5c4)cc3)cc2)c2ccc3ccccc3c2)=C1. The summed E-state index contributed by atoms with van der Waals surface area (Å²) < 4.78 is 0. The molecule has 0 saturated carbocycles. The van der Waals surface area contributed by atoms with E-state index in [4.69, 9.17) is 0 Å². The van der Waals surface area contributed by atoms with Crippen LogP contribution in [0.1, 0.15) is 12.8 Å². The fourth-order valence-corrected chi connectivity index (χ4v) is 6.52. The van der Waals surface area contributed by atoms with E-state index in [0.717, 1.165) is 29.9 Å². The van der Waals surface area contributed by atoms with Crippen molar-refractivity contribution in [2.45, 2.75) is 12.8 Å². The second kappa shape index (κ2) is 12.3. The maximum atomic E-state index is 2.41. The van der Waals surface area contributed by atoms with E-state index >= 15 is 0 Å². The molecule has 2 nitrogen and oxygen atoms in total. The highest BCUT2D eigenvalue weighted by Gasteiger charge is 2.17. The van der Waals surface area contributed by atoms with E-state index in [1.807, 2.05) is 0 Å². The van der Waals surface area contributed by atoms with Crippen molar-refractivity contribution in [1.82, 2.24) is 0 Å². The summed E-state index contributed by atoms with van der Waals surface area (Å²) in [5, 5.41) is 4.99. The van der Waals surface area contributed by atoms with Crippen molar-refractivity contribution in [3.63, 3.8) is 0 Å². The third-order valence-electron chi connectivity index (χ3n) is 8.86. The van der Waals surface area contributed by atoms with Gasteiger partial charge in [-0.3, -0.25) is 0 Å². The number of hydrogen-bond donors (Lipinski definition) is 0. The minimum atomic E-state index is 1.02. The van der Waals surface area contributed by atoms with E-state index in [1.165, 1.54) is 49.7 Å². The standard InChI is InChI=1S/C44H34N2/c1-3-15-39(16-4-1)45(43-29-23-33-11-7-9-13-37(33)31-43)41-25-19-35(20-26-41)36-21-27-42(28-22-36)46(40-17-5-2-6-18-40)44-30-24-34-12-8-10-14-38(34)32-44/h1-5,7-17,19-32H,6,18H2. The number of nitrogens with zero attached hydrogens (tertiary/aromatic N) is 2. The molecule has 1 aliphatic carbocycles. The van der Waals surface area contributed by atoms with Crippen molar-refractivity contribution >= 4 is 50.0 Å². The van der Waals surface area contributed by atoms with E-state index < -0.39 is 0 Å². The summed E-state index contributed by atoms with van der Waals surface area (Å²) in [5.41, 5.74) is 9.46. The molecule has 0 saturated heterocycles. The first-order valence-electron chi connectivity index (χ1n) is 16.0. The van der Waals surface area contributed by atoms with Gasteiger partial charge in [0.05, 0.1) is 0 Å². The Hall–Kier alpha value is -5.86. The Morgan fingerprint density at radius 1 is 0.370 bits per heavy atom. The minimum absolute atomic E-state index is 1.02. The molecule has 0 N–H and O–H groups in total. The Morgan fingerprint density at radius 2 is 0.826 bits per heavy atom. The molecule has 7 aromatic carbocycles. The Kier molecular flexibility index (Phi) is 7.38. The second-order valence-electron chi connectivity index (χ2n) is 11.8. The van der Waals surface area contributed by atoms with Crippen LogP contribution in [0.4, 0.5) is 28.4 Å². The van der Waals surface area contributed by atoms with E-state index in [2.05, 4.69) is 192 Å². The molecule has 220 valence electrons. The Balaban J connectivity index is 1.12. The van der Waals surface area contributed by atoms with Crippen LogP contribution >= 0.6 is 0 Å². The van der Waals surface area contributed by atoms with Gasteiger partial charge < -0.3 is 9.80 Å². The van der Waals surface area contributed by atoms with Gasteiger partial charge in [0.25, 0.3) is 0 Å². The maximum Gasteiger partial charge on any atom is 0.0468 e. The molecule has 8 rings (SSSR count). The highest BCUT2D eigenvalue weighted by molar-refractivity contribution is 5.90. The summed E-state index contributed by atoms with van der Waals surface area (Å²) >= 11 is 0. The molecule has 0 unspecified atom stereocenters. The van der Waals surface area contributed by atoms with Crippen LogP contribution in [0.3, 0.4) is 0 Å². The van der Waals surface area contributed by atoms with Gasteiger partial charge >= 0.3 is 0 Å². The zero-order chi connectivity index (χ0) is 30.7. The van der Waals surface area contributed by atoms with Crippen molar-refractivity contribution in [1.29, 1.82) is 0 Å². The summed E-state index contributed by atoms with van der Waals surface area (Å²) in [7, 11) is 0. The number of benzene rings is 7. The molecule has 46 heavy (non-hydrogen) atoms. The number of rotatable bonds is 7. The van der Waals surface area contributed by atoms with Crippen LogP contribution in [-0.2, 0) is 0 Å². The zero-order valence-electron chi connectivity index (χ0n) is 25.6. The zero-order valence-corrected chi connectivity index (χ0v) is 25.6. The molecule has 2 heteroatoms. The van der Waals surface area contributed by atoms with Gasteiger partial charge in [0, 0.05) is 34.1 Å². The summed E-state index contributed by atoms with van der Waals surface area (Å²) in [6.07, 6.45) is 8.74. The molecule has 0 fully saturated rings. The minimum Gasteiger partial charge on any atom is -0.314 e. The summed E-state index contributed by atoms with van der Waals surface area (Å²) in [4.78, 5) is 4.73. The number of para-hydroxylation sites is 1. The van der Waals surface area contributed by atoms with E-state index in [9.17, 15) is 0 Å². The van der Waals surface area contributed by atoms with Crippen LogP contribution in [0.25, 0.3) is 32.7 Å². The molecular weight excluding hydrogens is 556 g/mol. The predicted octanol–water partition coefficient (Wildman–Crippen LogP) is 12.5. The molecule has 0 amide bonds. The average Bonchev–Trinajstić information content (AvgIpc) is 3.13. The number of allylic oxidation sites excluding steroid dienone is 4. The highest BCUT2D eigenvalue weighted by Crippen LogP contribution is 2.38. The molecule has 1 aliphatic rings. The number of anilines is 5. The van der Waals surface area contributed by atoms with E-state index in [-0.39, 0.29) is 0 Å². The van der Waals surface area contributed by atoms with Gasteiger partial charge in [-0.15, -0.1) is 0 Å². The first kappa shape index (κ1) is 27.7. The van der Waals surface area contributed by atoms with Gasteiger partial charge in [-0.1, -0.05) is 115 Å². The molecule has 0 atom stereocenters. The predicted molar refractivity (Wildman–Crippen MR) is 197 cm³/mol. The topological polar surface area (TPSA) is 6.48 Å². The maximum absolute atomic E-state index is 2.41. The number of fused-ring (bicyclic) bond motifs is 2. The molecule has 0 aromatic heterocycles. The van der Waals surface area contributed by atoms with Crippen molar-refractivity contribution in [3.05, 3.63) is 188 Å². The average molecular weight is 591 g/mol. The van der Waals surface area contributed by atoms with E-state index in [0.29, 0.717) is 0 Å². The van der Waals surface area contributed by atoms with Crippen molar-refractivity contribution < 1.29 is 0 Å². The van der Waals surface area contributed by atoms with Crippen LogP contribution in [0.2, 0.25) is 0 Å². The van der Waals surface area contributed by atoms with Crippen LogP contribution in [0.5, 0.6) is 0 Å². The lowest BCUT2D eigenvalue weighted by molar-refractivity contribution is 0.918. The Bertz CT molecular complexity index is 2190. The van der Waals surface area contributed by atoms with Gasteiger partial charge in [-0.2, -0.15) is 0 Å². The summed E-state index contributed by atoms with van der Waals surface area (Å²) in [6, 6.07) is 59.1. The molecule has 0 spiro atoms. The van der Waals surface area contributed by atoms with Gasteiger partial charge in [0.1, 0.15) is 0 Å². The van der Waals surface area contributed by atoms with Gasteiger partial charge in [0.15, 0.2) is 0 Å². The lowest BCUT2D eigenvalue weighted by atomic mass is 10.0. The van der Waals surface area contributed by atoms with Crippen molar-refractivity contribution in [2.75, 3.05) is 9.80 Å². The van der Waals surface area contributed by atoms with Crippen molar-refractivity contribution in [3.8, 4) is 11.1 Å². The summed E-state index contributed by atoms with van der Waals surface area (Å²) in [6.45, 7) is 0. The lowest BCUT2D eigenvalue weighted by Gasteiger charge is -2.29. The molecule has 7 aromatic rings. The fraction of sp³-hybridized carbons (Fsp3) is 0.0455. The van der Waals surface area contributed by atoms with Crippen LogP contribution in [0.15, 0.2) is 188 Å². The highest BCUT2D eigenvalue weighted by atomic mass is 15.2. The second-order valence-corrected chi connectivity index (χ2v) is 11.8. The quantitative estimate of drug-likeness (QED) is 0.182. The third kappa shape index (κ3) is 5.46. The molecule has 0 bridgehead atoms. The molecular formula is C44H34N2. The molecule has 0 heterocycles. The van der Waals surface area contributed by atoms with Crippen molar-refractivity contribution in [2.24, 2.45) is 0 Å². The summed E-state index contributed by atoms with van der Waals surface area (Å²) in [5.74, 6) is 0. The van der Waals surface area contributed by atoms with Gasteiger partial charge in [-0.25, -0.2) is 0 Å². The van der Waals surface area contributed by atoms with Crippen LogP contribution in [-0.4, -0.2) is 0 Å². The first-order chi connectivity index (χ1) is 22.8. The Morgan fingerprint density at radius 3 is 1.37 bits per heavy atom. The van der Waals surface area contributed by atoms with E-state index in [1.54, 1.807) is 0 Å². The number of hydrogen-bond acceptors (Lipinski definition) is 2. The van der Waals surface area contributed by atoms with Gasteiger partial charge in [-0.05, 0) is 112 Å². The normalized spacial score (nSPS) is 12.7.